The summed E-state index contributed by atoms with van der Waals surface area (Å²) in [6.45, 7) is 3.98. The number of aryl methyl sites for hydroxylation is 1. The van der Waals surface area contributed by atoms with Crippen molar-refractivity contribution in [3.05, 3.63) is 65.7 Å². The van der Waals surface area contributed by atoms with E-state index in [1.807, 2.05) is 61.5 Å². The summed E-state index contributed by atoms with van der Waals surface area (Å²) in [5.74, 6) is -0.241. The third-order valence-electron chi connectivity index (χ3n) is 5.11. The molecule has 28 heavy (non-hydrogen) atoms. The van der Waals surface area contributed by atoms with Crippen LogP contribution in [0.2, 0.25) is 0 Å². The van der Waals surface area contributed by atoms with Crippen LogP contribution in [0.4, 0.5) is 5.69 Å². The first-order chi connectivity index (χ1) is 13.4. The predicted molar refractivity (Wildman–Crippen MR) is 109 cm³/mol. The largest absolute Gasteiger partial charge is 0.328 e. The SMILES string of the molecule is CC(=O)CCC(=O)N1CC(=O)N(c2ccc(C)cc2)C[C@H]1Cc1ccccc1. The Bertz CT molecular complexity index is 846. The maximum absolute atomic E-state index is 12.8. The fourth-order valence-corrected chi connectivity index (χ4v) is 3.52. The monoisotopic (exact) mass is 378 g/mol. The van der Waals surface area contributed by atoms with Crippen LogP contribution in [-0.4, -0.2) is 41.6 Å². The summed E-state index contributed by atoms with van der Waals surface area (Å²) in [7, 11) is 0. The van der Waals surface area contributed by atoms with E-state index in [-0.39, 0.29) is 43.0 Å². The summed E-state index contributed by atoms with van der Waals surface area (Å²) in [5, 5.41) is 0. The molecule has 3 rings (SSSR count). The van der Waals surface area contributed by atoms with Crippen LogP contribution >= 0.6 is 0 Å². The highest BCUT2D eigenvalue weighted by Crippen LogP contribution is 2.23. The van der Waals surface area contributed by atoms with Crippen LogP contribution in [0.1, 0.15) is 30.9 Å². The van der Waals surface area contributed by atoms with E-state index in [4.69, 9.17) is 0 Å². The van der Waals surface area contributed by atoms with Crippen molar-refractivity contribution in [2.75, 3.05) is 18.0 Å². The van der Waals surface area contributed by atoms with Gasteiger partial charge in [-0.2, -0.15) is 0 Å². The van der Waals surface area contributed by atoms with Crippen LogP contribution in [0.3, 0.4) is 0 Å². The number of anilines is 1. The summed E-state index contributed by atoms with van der Waals surface area (Å²) in [6.07, 6.45) is 1.03. The van der Waals surface area contributed by atoms with Crippen molar-refractivity contribution >= 4 is 23.3 Å². The topological polar surface area (TPSA) is 57.7 Å². The minimum absolute atomic E-state index is 0.0161. The van der Waals surface area contributed by atoms with Crippen LogP contribution in [0.25, 0.3) is 0 Å². The van der Waals surface area contributed by atoms with Crippen LogP contribution in [0.5, 0.6) is 0 Å². The van der Waals surface area contributed by atoms with Gasteiger partial charge in [-0.3, -0.25) is 9.59 Å². The zero-order valence-corrected chi connectivity index (χ0v) is 16.4. The third-order valence-corrected chi connectivity index (χ3v) is 5.11. The summed E-state index contributed by atoms with van der Waals surface area (Å²) < 4.78 is 0. The number of Topliss-reactive ketones (excluding diaryl/α,β-unsaturated/α-hetero) is 1. The Kier molecular flexibility index (Phi) is 6.24. The lowest BCUT2D eigenvalue weighted by molar-refractivity contribution is -0.140. The molecule has 0 unspecified atom stereocenters. The number of rotatable bonds is 6. The van der Waals surface area contributed by atoms with Crippen LogP contribution < -0.4 is 4.90 Å². The van der Waals surface area contributed by atoms with Gasteiger partial charge in [0.05, 0.1) is 6.04 Å². The Morgan fingerprint density at radius 1 is 1.00 bits per heavy atom. The van der Waals surface area contributed by atoms with Gasteiger partial charge < -0.3 is 14.6 Å². The van der Waals surface area contributed by atoms with E-state index in [1.54, 1.807) is 9.80 Å². The molecule has 0 N–H and O–H groups in total. The molecule has 1 fully saturated rings. The Balaban J connectivity index is 1.83. The second-order valence-corrected chi connectivity index (χ2v) is 7.41. The van der Waals surface area contributed by atoms with Gasteiger partial charge in [-0.25, -0.2) is 0 Å². The van der Waals surface area contributed by atoms with Gasteiger partial charge in [0.25, 0.3) is 0 Å². The van der Waals surface area contributed by atoms with E-state index in [0.29, 0.717) is 13.0 Å². The highest BCUT2D eigenvalue weighted by Gasteiger charge is 2.35. The molecule has 1 aliphatic heterocycles. The van der Waals surface area contributed by atoms with Gasteiger partial charge >= 0.3 is 0 Å². The van der Waals surface area contributed by atoms with E-state index >= 15 is 0 Å². The number of carbonyl (C=O) groups excluding carboxylic acids is 3. The van der Waals surface area contributed by atoms with Gasteiger partial charge in [-0.05, 0) is 38.0 Å². The number of nitrogens with zero attached hydrogens (tertiary/aromatic N) is 2. The summed E-state index contributed by atoms with van der Waals surface area (Å²) >= 11 is 0. The van der Waals surface area contributed by atoms with Crippen molar-refractivity contribution < 1.29 is 14.4 Å². The highest BCUT2D eigenvalue weighted by atomic mass is 16.2. The highest BCUT2D eigenvalue weighted by molar-refractivity contribution is 5.98. The van der Waals surface area contributed by atoms with Crippen molar-refractivity contribution in [1.82, 2.24) is 4.90 Å². The smallest absolute Gasteiger partial charge is 0.246 e. The van der Waals surface area contributed by atoms with Crippen molar-refractivity contribution in [3.63, 3.8) is 0 Å². The molecule has 1 heterocycles. The second kappa shape index (κ2) is 8.83. The predicted octanol–water partition coefficient (Wildman–Crippen LogP) is 3.15. The van der Waals surface area contributed by atoms with Crippen molar-refractivity contribution in [2.45, 2.75) is 39.2 Å². The Morgan fingerprint density at radius 2 is 1.68 bits per heavy atom. The van der Waals surface area contributed by atoms with Gasteiger partial charge in [0, 0.05) is 25.1 Å². The average molecular weight is 378 g/mol. The lowest BCUT2D eigenvalue weighted by Crippen LogP contribution is -2.59. The number of benzene rings is 2. The van der Waals surface area contributed by atoms with E-state index in [2.05, 4.69) is 0 Å². The molecule has 146 valence electrons. The molecule has 0 spiro atoms. The first kappa shape index (κ1) is 19.8. The molecule has 2 aromatic rings. The molecule has 5 heteroatoms. The Labute approximate surface area is 166 Å². The van der Waals surface area contributed by atoms with Gasteiger partial charge in [-0.1, -0.05) is 48.0 Å². The Morgan fingerprint density at radius 3 is 2.32 bits per heavy atom. The molecule has 0 saturated carbocycles. The zero-order valence-electron chi connectivity index (χ0n) is 16.4. The van der Waals surface area contributed by atoms with E-state index in [1.165, 1.54) is 6.92 Å². The summed E-state index contributed by atoms with van der Waals surface area (Å²) in [5.41, 5.74) is 3.11. The van der Waals surface area contributed by atoms with Crippen molar-refractivity contribution in [2.24, 2.45) is 0 Å². The number of hydrogen-bond acceptors (Lipinski definition) is 3. The van der Waals surface area contributed by atoms with Crippen LogP contribution in [0, 0.1) is 6.92 Å². The molecular weight excluding hydrogens is 352 g/mol. The summed E-state index contributed by atoms with van der Waals surface area (Å²) in [6, 6.07) is 17.7. The molecule has 1 saturated heterocycles. The first-order valence-corrected chi connectivity index (χ1v) is 9.64. The number of carbonyl (C=O) groups is 3. The molecule has 0 aliphatic carbocycles. The number of amides is 2. The zero-order chi connectivity index (χ0) is 20.1. The number of hydrogen-bond donors (Lipinski definition) is 0. The van der Waals surface area contributed by atoms with Crippen molar-refractivity contribution in [1.29, 1.82) is 0 Å². The molecule has 0 radical (unpaired) electrons. The lowest BCUT2D eigenvalue weighted by atomic mass is 10.0. The fourth-order valence-electron chi connectivity index (χ4n) is 3.52. The van der Waals surface area contributed by atoms with E-state index < -0.39 is 0 Å². The first-order valence-electron chi connectivity index (χ1n) is 9.64. The lowest BCUT2D eigenvalue weighted by Gasteiger charge is -2.41. The maximum Gasteiger partial charge on any atom is 0.246 e. The molecule has 2 aromatic carbocycles. The maximum atomic E-state index is 12.8. The Hall–Kier alpha value is -2.95. The third kappa shape index (κ3) is 4.85. The molecule has 2 amide bonds. The van der Waals surface area contributed by atoms with Crippen LogP contribution in [0.15, 0.2) is 54.6 Å². The normalized spacial score (nSPS) is 16.9. The number of ketones is 1. The van der Waals surface area contributed by atoms with Crippen LogP contribution in [-0.2, 0) is 20.8 Å². The van der Waals surface area contributed by atoms with E-state index in [0.717, 1.165) is 16.8 Å². The number of piperazine rings is 1. The van der Waals surface area contributed by atoms with E-state index in [9.17, 15) is 14.4 Å². The van der Waals surface area contributed by atoms with Gasteiger partial charge in [0.1, 0.15) is 12.3 Å². The average Bonchev–Trinajstić information content (AvgIpc) is 2.68. The van der Waals surface area contributed by atoms with Crippen molar-refractivity contribution in [3.8, 4) is 0 Å². The van der Waals surface area contributed by atoms with Gasteiger partial charge in [-0.15, -0.1) is 0 Å². The standard InChI is InChI=1S/C23H26N2O3/c1-17-8-11-20(12-9-17)24-15-21(14-19-6-4-3-5-7-19)25(16-23(24)28)22(27)13-10-18(2)26/h3-9,11-12,21H,10,13-16H2,1-2H3/t21-/m1/s1. The quantitative estimate of drug-likeness (QED) is 0.776. The molecule has 1 atom stereocenters. The summed E-state index contributed by atoms with van der Waals surface area (Å²) in [4.78, 5) is 40.2. The molecule has 0 aromatic heterocycles. The molecule has 5 nitrogen and oxygen atoms in total. The fraction of sp³-hybridized carbons (Fsp3) is 0.348. The molecule has 1 aliphatic rings. The molecule has 0 bridgehead atoms. The second-order valence-electron chi connectivity index (χ2n) is 7.41. The molecular formula is C23H26N2O3. The minimum atomic E-state index is -0.131. The minimum Gasteiger partial charge on any atom is -0.328 e. The van der Waals surface area contributed by atoms with Gasteiger partial charge in [0.15, 0.2) is 0 Å². The van der Waals surface area contributed by atoms with Gasteiger partial charge in [0.2, 0.25) is 11.8 Å².